The Labute approximate surface area is 432 Å². The molecule has 6 nitrogen and oxygen atoms in total. The fourth-order valence-electron chi connectivity index (χ4n) is 11.5. The first-order valence-electron chi connectivity index (χ1n) is 25.4. The molecule has 0 atom stereocenters. The van der Waals surface area contributed by atoms with Gasteiger partial charge in [-0.15, -0.1) is 0 Å². The molecular formula is C69H44N6. The Morgan fingerprint density at radius 1 is 0.240 bits per heavy atom. The average Bonchev–Trinajstić information content (AvgIpc) is 4.17. The fraction of sp³-hybridized carbons (Fsp3) is 0. The maximum Gasteiger partial charge on any atom is 0.238 e. The van der Waals surface area contributed by atoms with Gasteiger partial charge in [0.2, 0.25) is 5.95 Å². The van der Waals surface area contributed by atoms with E-state index in [4.69, 9.17) is 15.0 Å². The molecule has 0 bridgehead atoms. The molecule has 0 aliphatic heterocycles. The largest absolute Gasteiger partial charge is 0.309 e. The SMILES string of the molecule is c1ccc(-c2nc(-c3ccc(-c4cc(-c5cccc(-n6c7ccccc7c7ccccc76)c5)ccc4-n4c5ccccc5c5ccccc54)cc3)nc(-n3c4ccccc4c4cccc(-c5ccccc5)c43)n2)cc1. The maximum atomic E-state index is 5.39. The highest BCUT2D eigenvalue weighted by molar-refractivity contribution is 6.14. The number of para-hydroxylation sites is 6. The van der Waals surface area contributed by atoms with Crippen LogP contribution in [0.25, 0.3) is 139 Å². The first-order chi connectivity index (χ1) is 37.2. The first-order valence-corrected chi connectivity index (χ1v) is 25.4. The Kier molecular flexibility index (Phi) is 9.78. The smallest absolute Gasteiger partial charge is 0.238 e. The Bertz CT molecular complexity index is 4590. The summed E-state index contributed by atoms with van der Waals surface area (Å²) < 4.78 is 7.03. The highest BCUT2D eigenvalue weighted by Gasteiger charge is 2.22. The minimum Gasteiger partial charge on any atom is -0.309 e. The topological polar surface area (TPSA) is 53.5 Å². The van der Waals surface area contributed by atoms with E-state index in [2.05, 4.69) is 262 Å². The molecule has 0 amide bonds. The van der Waals surface area contributed by atoms with Crippen LogP contribution in [0, 0.1) is 0 Å². The summed E-state index contributed by atoms with van der Waals surface area (Å²) in [5, 5.41) is 7.20. The van der Waals surface area contributed by atoms with Crippen molar-refractivity contribution in [1.82, 2.24) is 28.7 Å². The third-order valence-corrected chi connectivity index (χ3v) is 14.9. The summed E-state index contributed by atoms with van der Waals surface area (Å²) in [6, 6.07) is 95.3. The third-order valence-electron chi connectivity index (χ3n) is 14.9. The highest BCUT2D eigenvalue weighted by atomic mass is 15.2. The lowest BCUT2D eigenvalue weighted by Gasteiger charge is -2.17. The quantitative estimate of drug-likeness (QED) is 0.152. The van der Waals surface area contributed by atoms with Crippen LogP contribution in [0.5, 0.6) is 0 Å². The van der Waals surface area contributed by atoms with E-state index in [1.54, 1.807) is 0 Å². The molecule has 0 N–H and O–H groups in total. The second-order valence-electron chi connectivity index (χ2n) is 19.2. The number of aromatic nitrogens is 6. The number of rotatable bonds is 8. The molecule has 75 heavy (non-hydrogen) atoms. The van der Waals surface area contributed by atoms with Crippen LogP contribution in [-0.4, -0.2) is 28.7 Å². The Morgan fingerprint density at radius 2 is 0.640 bits per heavy atom. The van der Waals surface area contributed by atoms with Gasteiger partial charge in [0.1, 0.15) is 0 Å². The van der Waals surface area contributed by atoms with Crippen LogP contribution in [-0.2, 0) is 0 Å². The lowest BCUT2D eigenvalue weighted by Crippen LogP contribution is -2.07. The van der Waals surface area contributed by atoms with Crippen molar-refractivity contribution in [3.8, 4) is 73.5 Å². The maximum absolute atomic E-state index is 5.39. The Hall–Kier alpha value is -10.2. The molecule has 4 heterocycles. The fourth-order valence-corrected chi connectivity index (χ4v) is 11.5. The van der Waals surface area contributed by atoms with Crippen molar-refractivity contribution < 1.29 is 0 Å². The minimum atomic E-state index is 0.557. The van der Waals surface area contributed by atoms with E-state index in [1.807, 2.05) is 18.2 Å². The monoisotopic (exact) mass is 956 g/mol. The molecule has 0 aliphatic rings. The molecule has 15 rings (SSSR count). The van der Waals surface area contributed by atoms with E-state index in [9.17, 15) is 0 Å². The molecule has 0 unspecified atom stereocenters. The summed E-state index contributed by atoms with van der Waals surface area (Å²) in [5.74, 6) is 1.75. The van der Waals surface area contributed by atoms with Gasteiger partial charge < -0.3 is 9.13 Å². The molecule has 0 saturated heterocycles. The summed E-state index contributed by atoms with van der Waals surface area (Å²) in [6.07, 6.45) is 0. The molecule has 0 saturated carbocycles. The summed E-state index contributed by atoms with van der Waals surface area (Å²) in [4.78, 5) is 15.9. The van der Waals surface area contributed by atoms with Gasteiger partial charge in [0.25, 0.3) is 0 Å². The van der Waals surface area contributed by atoms with Crippen molar-refractivity contribution in [3.63, 3.8) is 0 Å². The van der Waals surface area contributed by atoms with E-state index in [-0.39, 0.29) is 0 Å². The van der Waals surface area contributed by atoms with Gasteiger partial charge in [0.05, 0.1) is 38.8 Å². The molecule has 0 fully saturated rings. The molecule has 6 heteroatoms. The highest BCUT2D eigenvalue weighted by Crippen LogP contribution is 2.42. The van der Waals surface area contributed by atoms with Crippen LogP contribution in [0.2, 0.25) is 0 Å². The minimum absolute atomic E-state index is 0.557. The van der Waals surface area contributed by atoms with Crippen molar-refractivity contribution in [2.75, 3.05) is 0 Å². The van der Waals surface area contributed by atoms with Crippen molar-refractivity contribution in [2.24, 2.45) is 0 Å². The van der Waals surface area contributed by atoms with Gasteiger partial charge in [-0.05, 0) is 76.9 Å². The summed E-state index contributed by atoms with van der Waals surface area (Å²) in [5.41, 5.74) is 17.4. The predicted molar refractivity (Wildman–Crippen MR) is 310 cm³/mol. The van der Waals surface area contributed by atoms with Gasteiger partial charge in [0, 0.05) is 60.3 Å². The number of hydrogen-bond acceptors (Lipinski definition) is 3. The van der Waals surface area contributed by atoms with Crippen molar-refractivity contribution in [2.45, 2.75) is 0 Å². The molecule has 11 aromatic carbocycles. The Morgan fingerprint density at radius 3 is 1.23 bits per heavy atom. The molecule has 0 spiro atoms. The van der Waals surface area contributed by atoms with E-state index < -0.39 is 0 Å². The molecule has 0 radical (unpaired) electrons. The van der Waals surface area contributed by atoms with E-state index in [0.29, 0.717) is 17.6 Å². The van der Waals surface area contributed by atoms with Crippen LogP contribution < -0.4 is 0 Å². The second kappa shape index (κ2) is 17.3. The predicted octanol–water partition coefficient (Wildman–Crippen LogP) is 17.5. The van der Waals surface area contributed by atoms with Crippen LogP contribution in [0.1, 0.15) is 0 Å². The van der Waals surface area contributed by atoms with Gasteiger partial charge >= 0.3 is 0 Å². The van der Waals surface area contributed by atoms with E-state index in [1.165, 1.54) is 32.6 Å². The average molecular weight is 957 g/mol. The number of hydrogen-bond donors (Lipinski definition) is 0. The summed E-state index contributed by atoms with van der Waals surface area (Å²) >= 11 is 0. The van der Waals surface area contributed by atoms with Gasteiger partial charge in [-0.1, -0.05) is 212 Å². The van der Waals surface area contributed by atoms with Crippen molar-refractivity contribution >= 4 is 65.4 Å². The van der Waals surface area contributed by atoms with Crippen LogP contribution >= 0.6 is 0 Å². The lowest BCUT2D eigenvalue weighted by atomic mass is 9.96. The molecule has 15 aromatic rings. The molecule has 350 valence electrons. The number of benzene rings is 11. The van der Waals surface area contributed by atoms with Crippen molar-refractivity contribution in [3.05, 3.63) is 267 Å². The van der Waals surface area contributed by atoms with E-state index in [0.717, 1.165) is 88.7 Å². The standard InChI is InChI=1S/C69H44N6/c1-3-19-45(20-4-1)52-30-18-31-58-57-29-11-16-36-64(57)75(66(52)58)69-71-67(47-21-5-2-6-22-47)70-68(72-69)48-39-37-46(38-40-48)59-44-50(41-42-65(59)74-62-34-14-9-27-55(62)56-28-10-15-35-63(56)74)49-23-17-24-51(43-49)73-60-32-12-7-25-53(60)54-26-8-13-33-61(54)73/h1-44H. The van der Waals surface area contributed by atoms with Crippen LogP contribution in [0.15, 0.2) is 267 Å². The zero-order chi connectivity index (χ0) is 49.4. The summed E-state index contributed by atoms with van der Waals surface area (Å²) in [6.45, 7) is 0. The second-order valence-corrected chi connectivity index (χ2v) is 19.2. The normalized spacial score (nSPS) is 11.7. The van der Waals surface area contributed by atoms with E-state index >= 15 is 0 Å². The zero-order valence-corrected chi connectivity index (χ0v) is 40.6. The number of fused-ring (bicyclic) bond motifs is 9. The Balaban J connectivity index is 0.914. The van der Waals surface area contributed by atoms with Gasteiger partial charge in [0.15, 0.2) is 11.6 Å². The number of nitrogens with zero attached hydrogens (tertiary/aromatic N) is 6. The molecule has 4 aromatic heterocycles. The zero-order valence-electron chi connectivity index (χ0n) is 40.6. The van der Waals surface area contributed by atoms with Crippen LogP contribution in [0.4, 0.5) is 0 Å². The van der Waals surface area contributed by atoms with Crippen LogP contribution in [0.3, 0.4) is 0 Å². The summed E-state index contributed by atoms with van der Waals surface area (Å²) in [7, 11) is 0. The molecule has 0 aliphatic carbocycles. The first kappa shape index (κ1) is 42.5. The van der Waals surface area contributed by atoms with Crippen molar-refractivity contribution in [1.29, 1.82) is 0 Å². The lowest BCUT2D eigenvalue weighted by molar-refractivity contribution is 0.954. The third kappa shape index (κ3) is 6.92. The molecular weight excluding hydrogens is 913 g/mol. The van der Waals surface area contributed by atoms with Gasteiger partial charge in [-0.2, -0.15) is 9.97 Å². The van der Waals surface area contributed by atoms with Gasteiger partial charge in [-0.25, -0.2) is 4.98 Å². The van der Waals surface area contributed by atoms with Gasteiger partial charge in [-0.3, -0.25) is 4.57 Å².